The van der Waals surface area contributed by atoms with Crippen LogP contribution in [0.25, 0.3) is 0 Å². The molecule has 24 heavy (non-hydrogen) atoms. The maximum absolute atomic E-state index is 12.6. The number of hydrogen-bond acceptors (Lipinski definition) is 4. The van der Waals surface area contributed by atoms with E-state index in [0.29, 0.717) is 10.6 Å². The minimum absolute atomic E-state index is 0.147. The van der Waals surface area contributed by atoms with Crippen molar-refractivity contribution >= 4 is 32.8 Å². The molecule has 0 aliphatic heterocycles. The topological polar surface area (TPSA) is 63.2 Å². The molecule has 1 heterocycles. The van der Waals surface area contributed by atoms with Crippen LogP contribution in [0.4, 0.5) is 5.69 Å². The fourth-order valence-corrected chi connectivity index (χ4v) is 5.03. The molecule has 1 N–H and O–H groups in total. The summed E-state index contributed by atoms with van der Waals surface area (Å²) in [4.78, 5) is 14.7. The highest BCUT2D eigenvalue weighted by molar-refractivity contribution is 7.90. The van der Waals surface area contributed by atoms with E-state index in [4.69, 9.17) is 0 Å². The van der Waals surface area contributed by atoms with Gasteiger partial charge in [-0.1, -0.05) is 25.0 Å². The van der Waals surface area contributed by atoms with E-state index in [1.54, 1.807) is 18.2 Å². The van der Waals surface area contributed by atoms with Crippen LogP contribution in [0.3, 0.4) is 0 Å². The number of amides is 1. The van der Waals surface area contributed by atoms with Crippen LogP contribution in [0.15, 0.2) is 35.2 Å². The molecule has 0 bridgehead atoms. The highest BCUT2D eigenvalue weighted by atomic mass is 32.2. The maximum Gasteiger partial charge on any atom is 0.265 e. The highest BCUT2D eigenvalue weighted by Gasteiger charge is 2.19. The molecule has 0 unspecified atom stereocenters. The molecule has 0 saturated carbocycles. The van der Waals surface area contributed by atoms with Crippen LogP contribution in [-0.4, -0.2) is 20.6 Å². The lowest BCUT2D eigenvalue weighted by atomic mass is 10.00. The average Bonchev–Trinajstić information content (AvgIpc) is 2.89. The van der Waals surface area contributed by atoms with E-state index in [0.717, 1.165) is 19.1 Å². The number of carbonyl (C=O) groups excluding carboxylic acids is 1. The number of thiophene rings is 1. The van der Waals surface area contributed by atoms with Gasteiger partial charge in [-0.25, -0.2) is 8.42 Å². The number of sulfone groups is 1. The van der Waals surface area contributed by atoms with Crippen LogP contribution in [0, 0.1) is 0 Å². The van der Waals surface area contributed by atoms with E-state index in [-0.39, 0.29) is 10.8 Å². The third kappa shape index (κ3) is 3.87. The second kappa shape index (κ2) is 7.07. The van der Waals surface area contributed by atoms with E-state index in [1.807, 2.05) is 6.07 Å². The van der Waals surface area contributed by atoms with Gasteiger partial charge < -0.3 is 5.32 Å². The Balaban J connectivity index is 1.85. The van der Waals surface area contributed by atoms with Crippen LogP contribution in [-0.2, 0) is 22.7 Å². The SMILES string of the molecule is CS(=O)(=O)c1ccccc1NC(=O)c1cc2c(s1)CCCCCC2. The Morgan fingerprint density at radius 2 is 1.79 bits per heavy atom. The summed E-state index contributed by atoms with van der Waals surface area (Å²) < 4.78 is 23.7. The number of nitrogens with one attached hydrogen (secondary N) is 1. The minimum atomic E-state index is -3.38. The maximum atomic E-state index is 12.6. The fourth-order valence-electron chi connectivity index (χ4n) is 3.03. The van der Waals surface area contributed by atoms with E-state index in [9.17, 15) is 13.2 Å². The quantitative estimate of drug-likeness (QED) is 0.894. The summed E-state index contributed by atoms with van der Waals surface area (Å²) in [6.45, 7) is 0. The zero-order valence-electron chi connectivity index (χ0n) is 13.7. The lowest BCUT2D eigenvalue weighted by Crippen LogP contribution is -2.13. The minimum Gasteiger partial charge on any atom is -0.320 e. The van der Waals surface area contributed by atoms with Crippen molar-refractivity contribution in [1.29, 1.82) is 0 Å². The molecule has 6 heteroatoms. The molecule has 1 aromatic heterocycles. The van der Waals surface area contributed by atoms with Crippen LogP contribution >= 0.6 is 11.3 Å². The predicted octanol–water partition coefficient (Wildman–Crippen LogP) is 4.06. The molecule has 0 atom stereocenters. The van der Waals surface area contributed by atoms with Crippen molar-refractivity contribution in [2.45, 2.75) is 43.4 Å². The van der Waals surface area contributed by atoms with Gasteiger partial charge in [0, 0.05) is 11.1 Å². The second-order valence-corrected chi connectivity index (χ2v) is 9.32. The van der Waals surface area contributed by atoms with Gasteiger partial charge in [-0.15, -0.1) is 11.3 Å². The molecular formula is C18H21NO3S2. The Hall–Kier alpha value is -1.66. The normalized spacial score (nSPS) is 15.2. The zero-order valence-corrected chi connectivity index (χ0v) is 15.3. The average molecular weight is 364 g/mol. The number of rotatable bonds is 3. The van der Waals surface area contributed by atoms with Crippen molar-refractivity contribution in [3.05, 3.63) is 45.6 Å². The fraction of sp³-hybridized carbons (Fsp3) is 0.389. The Morgan fingerprint density at radius 1 is 1.08 bits per heavy atom. The van der Waals surface area contributed by atoms with Gasteiger partial charge in [-0.3, -0.25) is 4.79 Å². The molecule has 128 valence electrons. The van der Waals surface area contributed by atoms with Gasteiger partial charge in [-0.05, 0) is 49.4 Å². The Morgan fingerprint density at radius 3 is 2.54 bits per heavy atom. The van der Waals surface area contributed by atoms with Crippen LogP contribution in [0.2, 0.25) is 0 Å². The van der Waals surface area contributed by atoms with Crippen molar-refractivity contribution in [3.63, 3.8) is 0 Å². The standard InChI is InChI=1S/C18H21NO3S2/c1-24(21,22)17-11-7-6-9-14(17)19-18(20)16-12-13-8-4-2-3-5-10-15(13)23-16/h6-7,9,11-12H,2-5,8,10H2,1H3,(H,19,20). The van der Waals surface area contributed by atoms with Crippen LogP contribution in [0.5, 0.6) is 0 Å². The summed E-state index contributed by atoms with van der Waals surface area (Å²) in [6.07, 6.45) is 8.05. The summed E-state index contributed by atoms with van der Waals surface area (Å²) in [7, 11) is -3.38. The van der Waals surface area contributed by atoms with Gasteiger partial charge in [0.1, 0.15) is 0 Å². The van der Waals surface area contributed by atoms with Crippen LogP contribution < -0.4 is 5.32 Å². The van der Waals surface area contributed by atoms with Gasteiger partial charge in [0.25, 0.3) is 5.91 Å². The number of hydrogen-bond donors (Lipinski definition) is 1. The third-order valence-corrected chi connectivity index (χ3v) is 6.65. The summed E-state index contributed by atoms with van der Waals surface area (Å²) >= 11 is 1.54. The van der Waals surface area contributed by atoms with Gasteiger partial charge >= 0.3 is 0 Å². The third-order valence-electron chi connectivity index (χ3n) is 4.26. The van der Waals surface area contributed by atoms with Gasteiger partial charge in [-0.2, -0.15) is 0 Å². The number of para-hydroxylation sites is 1. The summed E-state index contributed by atoms with van der Waals surface area (Å²) in [5.74, 6) is -0.233. The highest BCUT2D eigenvalue weighted by Crippen LogP contribution is 2.29. The van der Waals surface area contributed by atoms with Crippen molar-refractivity contribution in [3.8, 4) is 0 Å². The van der Waals surface area contributed by atoms with E-state index in [2.05, 4.69) is 5.32 Å². The lowest BCUT2D eigenvalue weighted by molar-refractivity contribution is 0.103. The molecule has 0 fully saturated rings. The molecule has 0 saturated heterocycles. The molecule has 1 aliphatic carbocycles. The smallest absolute Gasteiger partial charge is 0.265 e. The Kier molecular flexibility index (Phi) is 5.06. The van der Waals surface area contributed by atoms with Gasteiger partial charge in [0.15, 0.2) is 9.84 Å². The molecule has 1 aromatic carbocycles. The number of aryl methyl sites for hydroxylation is 2. The van der Waals surface area contributed by atoms with Crippen molar-refractivity contribution in [1.82, 2.24) is 0 Å². The summed E-state index contributed by atoms with van der Waals surface area (Å²) in [5, 5.41) is 2.77. The molecule has 4 nitrogen and oxygen atoms in total. The molecule has 0 spiro atoms. The predicted molar refractivity (Wildman–Crippen MR) is 97.7 cm³/mol. The first kappa shape index (κ1) is 17.2. The molecule has 0 radical (unpaired) electrons. The van der Waals surface area contributed by atoms with E-state index >= 15 is 0 Å². The van der Waals surface area contributed by atoms with E-state index < -0.39 is 9.84 Å². The molecule has 2 aromatic rings. The van der Waals surface area contributed by atoms with Crippen LogP contribution in [0.1, 0.15) is 45.8 Å². The molecule has 3 rings (SSSR count). The van der Waals surface area contributed by atoms with E-state index in [1.165, 1.54) is 53.5 Å². The lowest BCUT2D eigenvalue weighted by Gasteiger charge is -2.08. The summed E-state index contributed by atoms with van der Waals surface area (Å²) in [5.41, 5.74) is 1.62. The monoisotopic (exact) mass is 363 g/mol. The van der Waals surface area contributed by atoms with Crippen molar-refractivity contribution < 1.29 is 13.2 Å². The first-order chi connectivity index (χ1) is 11.4. The largest absolute Gasteiger partial charge is 0.320 e. The number of benzene rings is 1. The first-order valence-corrected chi connectivity index (χ1v) is 10.9. The summed E-state index contributed by atoms with van der Waals surface area (Å²) in [6, 6.07) is 8.49. The molecular weight excluding hydrogens is 342 g/mol. The van der Waals surface area contributed by atoms with Gasteiger partial charge in [0.2, 0.25) is 0 Å². The zero-order chi connectivity index (χ0) is 17.2. The number of anilines is 1. The van der Waals surface area contributed by atoms with Crippen molar-refractivity contribution in [2.24, 2.45) is 0 Å². The molecule has 1 aliphatic rings. The molecule has 1 amide bonds. The Labute approximate surface area is 146 Å². The number of carbonyl (C=O) groups is 1. The Bertz CT molecular complexity index is 827. The van der Waals surface area contributed by atoms with Crippen molar-refractivity contribution in [2.75, 3.05) is 11.6 Å². The van der Waals surface area contributed by atoms with Gasteiger partial charge in [0.05, 0.1) is 15.5 Å². The first-order valence-electron chi connectivity index (χ1n) is 8.17. The number of fused-ring (bicyclic) bond motifs is 1. The second-order valence-electron chi connectivity index (χ2n) is 6.20.